The number of rotatable bonds is 5. The highest BCUT2D eigenvalue weighted by atomic mass is 32.1. The zero-order chi connectivity index (χ0) is 20.5. The molecule has 0 bridgehead atoms. The normalized spacial score (nSPS) is 11.0. The summed E-state index contributed by atoms with van der Waals surface area (Å²) in [6.45, 7) is 6.61. The Hall–Kier alpha value is -3.12. The third-order valence-electron chi connectivity index (χ3n) is 5.10. The third kappa shape index (κ3) is 3.40. The number of carbonyl (C=O) groups excluding carboxylic acids is 1. The fourth-order valence-electron chi connectivity index (χ4n) is 3.46. The Bertz CT molecular complexity index is 1170. The molecule has 5 nitrogen and oxygen atoms in total. The van der Waals surface area contributed by atoms with E-state index in [9.17, 15) is 4.79 Å². The van der Waals surface area contributed by atoms with Gasteiger partial charge in [-0.05, 0) is 56.7 Å². The minimum Gasteiger partial charge on any atom is -0.497 e. The first kappa shape index (κ1) is 19.2. The summed E-state index contributed by atoms with van der Waals surface area (Å²) in [4.78, 5) is 21.4. The third-order valence-corrected chi connectivity index (χ3v) is 6.25. The number of methoxy groups -OCH3 is 1. The highest BCUT2D eigenvalue weighted by Crippen LogP contribution is 2.30. The number of nitrogens with zero attached hydrogens (tertiary/aromatic N) is 3. The SMILES string of the molecule is CCN(C(=O)c1sc2nc(-c3ccc(OC)cc3)cn2c1C)c1ccccc1C. The Morgan fingerprint density at radius 1 is 1.14 bits per heavy atom. The number of benzene rings is 2. The van der Waals surface area contributed by atoms with E-state index < -0.39 is 0 Å². The topological polar surface area (TPSA) is 46.8 Å². The molecule has 0 atom stereocenters. The highest BCUT2D eigenvalue weighted by Gasteiger charge is 2.24. The molecule has 0 aliphatic rings. The number of ether oxygens (including phenoxy) is 1. The molecule has 2 aromatic carbocycles. The molecule has 6 heteroatoms. The minimum absolute atomic E-state index is 0.0146. The van der Waals surface area contributed by atoms with Crippen LogP contribution in [-0.4, -0.2) is 28.9 Å². The summed E-state index contributed by atoms with van der Waals surface area (Å²) >= 11 is 1.44. The van der Waals surface area contributed by atoms with Crippen LogP contribution in [0.4, 0.5) is 5.69 Å². The van der Waals surface area contributed by atoms with Gasteiger partial charge in [0.2, 0.25) is 0 Å². The maximum Gasteiger partial charge on any atom is 0.270 e. The van der Waals surface area contributed by atoms with E-state index in [1.54, 1.807) is 7.11 Å². The molecule has 2 aromatic heterocycles. The molecule has 0 fully saturated rings. The van der Waals surface area contributed by atoms with Crippen molar-refractivity contribution < 1.29 is 9.53 Å². The van der Waals surface area contributed by atoms with Gasteiger partial charge in [0, 0.05) is 29.7 Å². The first-order chi connectivity index (χ1) is 14.0. The zero-order valence-corrected chi connectivity index (χ0v) is 17.8. The zero-order valence-electron chi connectivity index (χ0n) is 17.0. The second kappa shape index (κ2) is 7.72. The summed E-state index contributed by atoms with van der Waals surface area (Å²) < 4.78 is 7.23. The number of para-hydroxylation sites is 1. The quantitative estimate of drug-likeness (QED) is 0.449. The van der Waals surface area contributed by atoms with Crippen LogP contribution in [0.2, 0.25) is 0 Å². The van der Waals surface area contributed by atoms with Crippen LogP contribution in [0, 0.1) is 13.8 Å². The van der Waals surface area contributed by atoms with Crippen molar-refractivity contribution in [2.24, 2.45) is 0 Å². The fraction of sp³-hybridized carbons (Fsp3) is 0.217. The average Bonchev–Trinajstić information content (AvgIpc) is 3.29. The van der Waals surface area contributed by atoms with Crippen LogP contribution in [0.25, 0.3) is 16.2 Å². The van der Waals surface area contributed by atoms with E-state index in [4.69, 9.17) is 9.72 Å². The Kier molecular flexibility index (Phi) is 5.11. The molecule has 0 unspecified atom stereocenters. The Morgan fingerprint density at radius 2 is 1.86 bits per heavy atom. The van der Waals surface area contributed by atoms with Gasteiger partial charge >= 0.3 is 0 Å². The standard InChI is InChI=1S/C23H23N3O2S/c1-5-25(20-9-7-6-8-15(20)2)22(27)21-16(3)26-14-19(24-23(26)29-21)17-10-12-18(28-4)13-11-17/h6-14H,5H2,1-4H3. The molecule has 4 aromatic rings. The van der Waals surface area contributed by atoms with Crippen LogP contribution in [0.5, 0.6) is 5.75 Å². The Balaban J connectivity index is 1.69. The second-order valence-electron chi connectivity index (χ2n) is 6.86. The Morgan fingerprint density at radius 3 is 2.48 bits per heavy atom. The summed E-state index contributed by atoms with van der Waals surface area (Å²) in [5.41, 5.74) is 4.85. The van der Waals surface area contributed by atoms with Gasteiger partial charge in [0.1, 0.15) is 10.6 Å². The van der Waals surface area contributed by atoms with Crippen molar-refractivity contribution in [3.63, 3.8) is 0 Å². The lowest BCUT2D eigenvalue weighted by atomic mass is 10.1. The smallest absolute Gasteiger partial charge is 0.270 e. The average molecular weight is 406 g/mol. The van der Waals surface area contributed by atoms with E-state index in [-0.39, 0.29) is 5.91 Å². The van der Waals surface area contributed by atoms with Gasteiger partial charge in [-0.2, -0.15) is 0 Å². The number of imidazole rings is 1. The molecule has 4 rings (SSSR count). The van der Waals surface area contributed by atoms with Crippen LogP contribution in [0.1, 0.15) is 27.9 Å². The summed E-state index contributed by atoms with van der Waals surface area (Å²) in [5, 5.41) is 0. The maximum absolute atomic E-state index is 13.3. The van der Waals surface area contributed by atoms with Gasteiger partial charge in [-0.3, -0.25) is 9.20 Å². The lowest BCUT2D eigenvalue weighted by Crippen LogP contribution is -2.31. The molecule has 2 heterocycles. The molecule has 0 saturated carbocycles. The van der Waals surface area contributed by atoms with E-state index in [0.717, 1.165) is 43.8 Å². The molecule has 0 N–H and O–H groups in total. The highest BCUT2D eigenvalue weighted by molar-refractivity contribution is 7.19. The molecule has 148 valence electrons. The summed E-state index contributed by atoms with van der Waals surface area (Å²) in [5.74, 6) is 0.829. The lowest BCUT2D eigenvalue weighted by molar-refractivity contribution is 0.0991. The number of amides is 1. The van der Waals surface area contributed by atoms with E-state index in [2.05, 4.69) is 0 Å². The van der Waals surface area contributed by atoms with E-state index in [1.165, 1.54) is 11.3 Å². The van der Waals surface area contributed by atoms with Crippen molar-refractivity contribution in [1.29, 1.82) is 0 Å². The monoisotopic (exact) mass is 405 g/mol. The van der Waals surface area contributed by atoms with Crippen molar-refractivity contribution >= 4 is 27.9 Å². The van der Waals surface area contributed by atoms with Crippen LogP contribution < -0.4 is 9.64 Å². The largest absolute Gasteiger partial charge is 0.497 e. The van der Waals surface area contributed by atoms with Gasteiger partial charge in [0.15, 0.2) is 4.96 Å². The fourth-order valence-corrected chi connectivity index (χ4v) is 4.52. The van der Waals surface area contributed by atoms with Crippen molar-refractivity contribution in [2.45, 2.75) is 20.8 Å². The van der Waals surface area contributed by atoms with E-state index in [1.807, 2.05) is 84.8 Å². The van der Waals surface area contributed by atoms with Gasteiger partial charge in [0.25, 0.3) is 5.91 Å². The summed E-state index contributed by atoms with van der Waals surface area (Å²) in [6, 6.07) is 15.8. The second-order valence-corrected chi connectivity index (χ2v) is 7.84. The molecule has 0 aliphatic heterocycles. The predicted octanol–water partition coefficient (Wildman–Crippen LogP) is 5.35. The first-order valence-electron chi connectivity index (χ1n) is 9.54. The number of carbonyl (C=O) groups is 1. The van der Waals surface area contributed by atoms with Gasteiger partial charge in [-0.25, -0.2) is 4.98 Å². The van der Waals surface area contributed by atoms with Crippen LogP contribution in [0.3, 0.4) is 0 Å². The number of fused-ring (bicyclic) bond motifs is 1. The minimum atomic E-state index is 0.0146. The van der Waals surface area contributed by atoms with Gasteiger partial charge in [-0.1, -0.05) is 29.5 Å². The number of anilines is 1. The van der Waals surface area contributed by atoms with Gasteiger partial charge in [-0.15, -0.1) is 0 Å². The van der Waals surface area contributed by atoms with Crippen LogP contribution in [0.15, 0.2) is 54.7 Å². The Labute approximate surface area is 174 Å². The lowest BCUT2D eigenvalue weighted by Gasteiger charge is -2.22. The van der Waals surface area contributed by atoms with Crippen molar-refractivity contribution in [2.75, 3.05) is 18.6 Å². The molecule has 0 saturated heterocycles. The van der Waals surface area contributed by atoms with Crippen LogP contribution in [-0.2, 0) is 0 Å². The number of hydrogen-bond acceptors (Lipinski definition) is 4. The van der Waals surface area contributed by atoms with Crippen molar-refractivity contribution in [3.05, 3.63) is 70.9 Å². The molecule has 0 spiro atoms. The summed E-state index contributed by atoms with van der Waals surface area (Å²) in [6.07, 6.45) is 1.99. The van der Waals surface area contributed by atoms with Crippen LogP contribution >= 0.6 is 11.3 Å². The predicted molar refractivity (Wildman–Crippen MR) is 118 cm³/mol. The maximum atomic E-state index is 13.3. The summed E-state index contributed by atoms with van der Waals surface area (Å²) in [7, 11) is 1.65. The number of aromatic nitrogens is 2. The first-order valence-corrected chi connectivity index (χ1v) is 10.4. The molecular weight excluding hydrogens is 382 g/mol. The number of thiazole rings is 1. The van der Waals surface area contributed by atoms with Crippen molar-refractivity contribution in [3.8, 4) is 17.0 Å². The van der Waals surface area contributed by atoms with Gasteiger partial charge < -0.3 is 9.64 Å². The van der Waals surface area contributed by atoms with E-state index in [0.29, 0.717) is 6.54 Å². The molecule has 29 heavy (non-hydrogen) atoms. The van der Waals surface area contributed by atoms with E-state index >= 15 is 0 Å². The van der Waals surface area contributed by atoms with Gasteiger partial charge in [0.05, 0.1) is 12.8 Å². The van der Waals surface area contributed by atoms with Crippen molar-refractivity contribution in [1.82, 2.24) is 9.38 Å². The molecule has 0 aliphatic carbocycles. The molecule has 0 radical (unpaired) electrons. The number of aryl methyl sites for hydroxylation is 2. The number of hydrogen-bond donors (Lipinski definition) is 0. The molecule has 1 amide bonds. The molecular formula is C23H23N3O2S.